The van der Waals surface area contributed by atoms with E-state index in [4.69, 9.17) is 0 Å². The molecule has 8 heteroatoms. The lowest BCUT2D eigenvalue weighted by Crippen LogP contribution is -2.41. The lowest BCUT2D eigenvalue weighted by atomic mass is 10.2. The van der Waals surface area contributed by atoms with Gasteiger partial charge in [-0.1, -0.05) is 13.8 Å². The third-order valence-corrected chi connectivity index (χ3v) is 4.67. The fourth-order valence-electron chi connectivity index (χ4n) is 2.02. The highest BCUT2D eigenvalue weighted by Gasteiger charge is 2.28. The van der Waals surface area contributed by atoms with E-state index >= 15 is 0 Å². The molecule has 1 heterocycles. The highest BCUT2D eigenvalue weighted by Crippen LogP contribution is 2.28. The van der Waals surface area contributed by atoms with E-state index in [2.05, 4.69) is 45.2 Å². The summed E-state index contributed by atoms with van der Waals surface area (Å²) in [6.07, 6.45) is 2.07. The molecular weight excluding hydrogens is 437 g/mol. The number of carbonyl (C=O) groups excluding carboxylic acids is 1. The zero-order valence-corrected chi connectivity index (χ0v) is 17.7. The maximum absolute atomic E-state index is 11.6. The number of hydrogen-bond donors (Lipinski definition) is 3. The largest absolute Gasteiger partial charge is 0.357 e. The predicted octanol–water partition coefficient (Wildman–Crippen LogP) is 2.47. The van der Waals surface area contributed by atoms with Crippen LogP contribution in [0.1, 0.15) is 50.2 Å². The lowest BCUT2D eigenvalue weighted by molar-refractivity contribution is -0.122. The van der Waals surface area contributed by atoms with Crippen LogP contribution >= 0.6 is 35.3 Å². The molecule has 3 N–H and O–H groups in total. The van der Waals surface area contributed by atoms with Crippen molar-refractivity contribution in [1.29, 1.82) is 0 Å². The molecule has 1 aromatic heterocycles. The van der Waals surface area contributed by atoms with Gasteiger partial charge in [0, 0.05) is 36.9 Å². The molecular formula is C16H28IN5OS. The van der Waals surface area contributed by atoms with Crippen LogP contribution in [-0.2, 0) is 11.3 Å². The van der Waals surface area contributed by atoms with Gasteiger partial charge in [0.2, 0.25) is 5.91 Å². The number of halogens is 1. The monoisotopic (exact) mass is 465 g/mol. The molecule has 0 radical (unpaired) electrons. The molecule has 2 rings (SSSR count). The van der Waals surface area contributed by atoms with Crippen molar-refractivity contribution in [3.8, 4) is 0 Å². The van der Waals surface area contributed by atoms with Crippen LogP contribution in [0.15, 0.2) is 10.4 Å². The zero-order chi connectivity index (χ0) is 16.7. The third-order valence-electron chi connectivity index (χ3n) is 3.47. The molecule has 1 amide bonds. The topological polar surface area (TPSA) is 78.4 Å². The van der Waals surface area contributed by atoms with Gasteiger partial charge in [0.25, 0.3) is 0 Å². The number of aromatic nitrogens is 1. The zero-order valence-electron chi connectivity index (χ0n) is 14.6. The number of thiazole rings is 1. The molecule has 1 aliphatic rings. The van der Waals surface area contributed by atoms with Crippen LogP contribution in [0.4, 0.5) is 0 Å². The van der Waals surface area contributed by atoms with E-state index in [1.165, 1.54) is 0 Å². The van der Waals surface area contributed by atoms with Crippen molar-refractivity contribution in [2.75, 3.05) is 19.6 Å². The molecule has 24 heavy (non-hydrogen) atoms. The van der Waals surface area contributed by atoms with Gasteiger partial charge in [-0.15, -0.1) is 35.3 Å². The summed E-state index contributed by atoms with van der Waals surface area (Å²) in [5, 5.41) is 12.6. The molecule has 1 saturated carbocycles. The number of nitrogens with one attached hydrogen (secondary N) is 3. The van der Waals surface area contributed by atoms with Crippen LogP contribution in [0.5, 0.6) is 0 Å². The van der Waals surface area contributed by atoms with Crippen molar-refractivity contribution in [2.45, 2.75) is 46.1 Å². The first-order valence-corrected chi connectivity index (χ1v) is 9.22. The van der Waals surface area contributed by atoms with Gasteiger partial charge in [0.15, 0.2) is 5.96 Å². The van der Waals surface area contributed by atoms with Gasteiger partial charge in [-0.25, -0.2) is 9.98 Å². The summed E-state index contributed by atoms with van der Waals surface area (Å²) < 4.78 is 0. The summed E-state index contributed by atoms with van der Waals surface area (Å²) in [6.45, 7) is 8.97. The number of rotatable bonds is 8. The Hall–Kier alpha value is -0.900. The molecule has 1 aliphatic carbocycles. The standard InChI is InChI=1S/C16H27N5OS.HI/c1-4-17-16(19-8-7-18-14(22)12-5-6-12)20-9-13-10-23-15(21-13)11(2)3;/h10-12H,4-9H2,1-3H3,(H,18,22)(H2,17,19,20);1H. The van der Waals surface area contributed by atoms with Gasteiger partial charge in [0.1, 0.15) is 0 Å². The van der Waals surface area contributed by atoms with E-state index in [0.717, 1.165) is 36.0 Å². The van der Waals surface area contributed by atoms with Gasteiger partial charge in [-0.05, 0) is 19.8 Å². The SMILES string of the molecule is CCNC(=NCc1csc(C(C)C)n1)NCCNC(=O)C1CC1.I. The van der Waals surface area contributed by atoms with Crippen molar-refractivity contribution >= 4 is 47.2 Å². The molecule has 0 atom stereocenters. The molecule has 0 spiro atoms. The number of nitrogens with zero attached hydrogens (tertiary/aromatic N) is 2. The Morgan fingerprint density at radius 1 is 1.33 bits per heavy atom. The van der Waals surface area contributed by atoms with Crippen LogP contribution in [0.2, 0.25) is 0 Å². The van der Waals surface area contributed by atoms with Gasteiger partial charge >= 0.3 is 0 Å². The Labute approximate surface area is 165 Å². The van der Waals surface area contributed by atoms with Crippen LogP contribution < -0.4 is 16.0 Å². The maximum atomic E-state index is 11.6. The summed E-state index contributed by atoms with van der Waals surface area (Å²) >= 11 is 1.69. The van der Waals surface area contributed by atoms with Gasteiger partial charge in [-0.3, -0.25) is 4.79 Å². The van der Waals surface area contributed by atoms with Crippen molar-refractivity contribution in [3.05, 3.63) is 16.1 Å². The molecule has 1 fully saturated rings. The average molecular weight is 465 g/mol. The minimum Gasteiger partial charge on any atom is -0.357 e. The number of amides is 1. The van der Waals surface area contributed by atoms with Crippen LogP contribution in [0.25, 0.3) is 0 Å². The highest BCUT2D eigenvalue weighted by molar-refractivity contribution is 14.0. The van der Waals surface area contributed by atoms with Crippen molar-refractivity contribution in [3.63, 3.8) is 0 Å². The number of aliphatic imine (C=N–C) groups is 1. The second-order valence-electron chi connectivity index (χ2n) is 6.02. The molecule has 1 aromatic rings. The summed E-state index contributed by atoms with van der Waals surface area (Å²) in [5.41, 5.74) is 0.998. The van der Waals surface area contributed by atoms with Crippen molar-refractivity contribution < 1.29 is 4.79 Å². The molecule has 136 valence electrons. The summed E-state index contributed by atoms with van der Waals surface area (Å²) in [6, 6.07) is 0. The molecule has 0 saturated heterocycles. The fraction of sp³-hybridized carbons (Fsp3) is 0.688. The lowest BCUT2D eigenvalue weighted by Gasteiger charge is -2.11. The number of guanidine groups is 1. The Morgan fingerprint density at radius 2 is 2.04 bits per heavy atom. The van der Waals surface area contributed by atoms with Crippen LogP contribution in [-0.4, -0.2) is 36.5 Å². The van der Waals surface area contributed by atoms with Gasteiger partial charge in [-0.2, -0.15) is 0 Å². The Balaban J connectivity index is 0.00000288. The Bertz CT molecular complexity index is 542. The van der Waals surface area contributed by atoms with E-state index in [1.54, 1.807) is 11.3 Å². The van der Waals surface area contributed by atoms with Crippen molar-refractivity contribution in [2.24, 2.45) is 10.9 Å². The van der Waals surface area contributed by atoms with E-state index in [1.807, 2.05) is 6.92 Å². The summed E-state index contributed by atoms with van der Waals surface area (Å²) in [4.78, 5) is 20.7. The second-order valence-corrected chi connectivity index (χ2v) is 6.91. The van der Waals surface area contributed by atoms with Crippen LogP contribution in [0.3, 0.4) is 0 Å². The predicted molar refractivity (Wildman–Crippen MR) is 110 cm³/mol. The number of hydrogen-bond acceptors (Lipinski definition) is 4. The average Bonchev–Trinajstić information content (AvgIpc) is 3.27. The van der Waals surface area contributed by atoms with E-state index in [0.29, 0.717) is 25.6 Å². The molecule has 0 aliphatic heterocycles. The minimum absolute atomic E-state index is 0. The first-order chi connectivity index (χ1) is 11.1. The minimum atomic E-state index is 0. The number of carbonyl (C=O) groups is 1. The quantitative estimate of drug-likeness (QED) is 0.239. The molecule has 6 nitrogen and oxygen atoms in total. The summed E-state index contributed by atoms with van der Waals surface area (Å²) in [7, 11) is 0. The molecule has 0 aromatic carbocycles. The Morgan fingerprint density at radius 3 is 2.62 bits per heavy atom. The summed E-state index contributed by atoms with van der Waals surface area (Å²) in [5.74, 6) is 1.65. The van der Waals surface area contributed by atoms with E-state index in [-0.39, 0.29) is 35.8 Å². The normalized spacial score (nSPS) is 14.2. The molecule has 0 unspecified atom stereocenters. The van der Waals surface area contributed by atoms with Crippen LogP contribution in [0, 0.1) is 5.92 Å². The van der Waals surface area contributed by atoms with E-state index in [9.17, 15) is 4.79 Å². The second kappa shape index (κ2) is 10.9. The first-order valence-electron chi connectivity index (χ1n) is 8.34. The fourth-order valence-corrected chi connectivity index (χ4v) is 2.84. The van der Waals surface area contributed by atoms with E-state index < -0.39 is 0 Å². The smallest absolute Gasteiger partial charge is 0.223 e. The molecule has 0 bridgehead atoms. The van der Waals surface area contributed by atoms with Gasteiger partial charge in [0.05, 0.1) is 17.2 Å². The Kier molecular flexibility index (Phi) is 9.57. The maximum Gasteiger partial charge on any atom is 0.223 e. The third kappa shape index (κ3) is 7.33. The van der Waals surface area contributed by atoms with Gasteiger partial charge < -0.3 is 16.0 Å². The first kappa shape index (κ1) is 21.1. The highest BCUT2D eigenvalue weighted by atomic mass is 127. The van der Waals surface area contributed by atoms with Crippen molar-refractivity contribution in [1.82, 2.24) is 20.9 Å².